The SMILES string of the molecule is CC(C)c1ccc(C(=O)O)cc1Cl. The summed E-state index contributed by atoms with van der Waals surface area (Å²) in [4.78, 5) is 10.6. The molecule has 0 radical (unpaired) electrons. The van der Waals surface area contributed by atoms with Crippen LogP contribution < -0.4 is 0 Å². The molecule has 0 atom stereocenters. The number of halogens is 1. The van der Waals surface area contributed by atoms with E-state index in [1.54, 1.807) is 12.1 Å². The molecule has 0 saturated carbocycles. The molecular formula is C10H11ClO2. The van der Waals surface area contributed by atoms with E-state index in [1.165, 1.54) is 6.07 Å². The number of hydrogen-bond acceptors (Lipinski definition) is 1. The average molecular weight is 199 g/mol. The molecule has 3 heteroatoms. The third-order valence-corrected chi connectivity index (χ3v) is 2.20. The molecule has 13 heavy (non-hydrogen) atoms. The van der Waals surface area contributed by atoms with E-state index in [-0.39, 0.29) is 5.56 Å². The number of hydrogen-bond donors (Lipinski definition) is 1. The van der Waals surface area contributed by atoms with Crippen LogP contribution in [0.4, 0.5) is 0 Å². The first-order valence-corrected chi connectivity index (χ1v) is 4.43. The molecule has 1 aromatic rings. The molecule has 0 aliphatic carbocycles. The first-order chi connectivity index (χ1) is 6.02. The van der Waals surface area contributed by atoms with Crippen molar-refractivity contribution >= 4 is 17.6 Å². The predicted molar refractivity (Wildman–Crippen MR) is 52.5 cm³/mol. The number of benzene rings is 1. The molecule has 0 saturated heterocycles. The standard InChI is InChI=1S/C10H11ClO2/c1-6(2)8-4-3-7(10(12)13)5-9(8)11/h3-6H,1-2H3,(H,12,13). The van der Waals surface area contributed by atoms with Gasteiger partial charge in [-0.2, -0.15) is 0 Å². The highest BCUT2D eigenvalue weighted by Crippen LogP contribution is 2.24. The Balaban J connectivity index is 3.13. The van der Waals surface area contributed by atoms with Gasteiger partial charge < -0.3 is 5.11 Å². The van der Waals surface area contributed by atoms with Crippen molar-refractivity contribution in [3.63, 3.8) is 0 Å². The molecule has 2 nitrogen and oxygen atoms in total. The predicted octanol–water partition coefficient (Wildman–Crippen LogP) is 3.16. The molecule has 70 valence electrons. The largest absolute Gasteiger partial charge is 0.478 e. The van der Waals surface area contributed by atoms with Crippen LogP contribution in [0.3, 0.4) is 0 Å². The minimum Gasteiger partial charge on any atom is -0.478 e. The molecule has 0 unspecified atom stereocenters. The Hall–Kier alpha value is -1.02. The Morgan fingerprint density at radius 2 is 2.08 bits per heavy atom. The topological polar surface area (TPSA) is 37.3 Å². The molecule has 1 aromatic carbocycles. The van der Waals surface area contributed by atoms with Gasteiger partial charge in [0, 0.05) is 5.02 Å². The lowest BCUT2D eigenvalue weighted by molar-refractivity contribution is 0.0697. The van der Waals surface area contributed by atoms with Crippen LogP contribution >= 0.6 is 11.6 Å². The highest BCUT2D eigenvalue weighted by molar-refractivity contribution is 6.31. The van der Waals surface area contributed by atoms with Crippen LogP contribution in [-0.2, 0) is 0 Å². The van der Waals surface area contributed by atoms with Crippen LogP contribution in [-0.4, -0.2) is 11.1 Å². The molecule has 1 N–H and O–H groups in total. The van der Waals surface area contributed by atoms with Crippen molar-refractivity contribution in [2.24, 2.45) is 0 Å². The van der Waals surface area contributed by atoms with Gasteiger partial charge in [-0.3, -0.25) is 0 Å². The van der Waals surface area contributed by atoms with E-state index in [0.29, 0.717) is 10.9 Å². The summed E-state index contributed by atoms with van der Waals surface area (Å²) in [5.74, 6) is -0.632. The molecule has 0 fully saturated rings. The number of carbonyl (C=O) groups is 1. The second-order valence-electron chi connectivity index (χ2n) is 3.20. The summed E-state index contributed by atoms with van der Waals surface area (Å²) in [6.45, 7) is 4.03. The number of carboxylic acid groups (broad SMARTS) is 1. The van der Waals surface area contributed by atoms with Gasteiger partial charge in [-0.1, -0.05) is 31.5 Å². The van der Waals surface area contributed by atoms with Crippen molar-refractivity contribution in [3.05, 3.63) is 34.3 Å². The summed E-state index contributed by atoms with van der Waals surface area (Å²) >= 11 is 5.91. The highest BCUT2D eigenvalue weighted by Gasteiger charge is 2.08. The first kappa shape index (κ1) is 10.1. The van der Waals surface area contributed by atoms with Gasteiger partial charge in [0.1, 0.15) is 0 Å². The monoisotopic (exact) mass is 198 g/mol. The van der Waals surface area contributed by atoms with Crippen molar-refractivity contribution < 1.29 is 9.90 Å². The van der Waals surface area contributed by atoms with E-state index < -0.39 is 5.97 Å². The lowest BCUT2D eigenvalue weighted by atomic mass is 10.0. The van der Waals surface area contributed by atoms with E-state index >= 15 is 0 Å². The van der Waals surface area contributed by atoms with Crippen molar-refractivity contribution in [3.8, 4) is 0 Å². The fourth-order valence-corrected chi connectivity index (χ4v) is 1.53. The fraction of sp³-hybridized carbons (Fsp3) is 0.300. The maximum atomic E-state index is 10.6. The molecule has 0 spiro atoms. The second-order valence-corrected chi connectivity index (χ2v) is 3.60. The Bertz CT molecular complexity index is 332. The normalized spacial score (nSPS) is 10.5. The van der Waals surface area contributed by atoms with E-state index in [1.807, 2.05) is 13.8 Å². The van der Waals surface area contributed by atoms with E-state index in [4.69, 9.17) is 16.7 Å². The second kappa shape index (κ2) is 3.79. The number of carboxylic acids is 1. The van der Waals surface area contributed by atoms with Crippen LogP contribution in [0.5, 0.6) is 0 Å². The smallest absolute Gasteiger partial charge is 0.335 e. The average Bonchev–Trinajstić information content (AvgIpc) is 2.03. The minimum atomic E-state index is -0.947. The molecule has 0 aliphatic rings. The molecular weight excluding hydrogens is 188 g/mol. The van der Waals surface area contributed by atoms with Crippen molar-refractivity contribution in [1.29, 1.82) is 0 Å². The Morgan fingerprint density at radius 3 is 2.46 bits per heavy atom. The number of aromatic carboxylic acids is 1. The first-order valence-electron chi connectivity index (χ1n) is 4.05. The van der Waals surface area contributed by atoms with Gasteiger partial charge in [-0.15, -0.1) is 0 Å². The summed E-state index contributed by atoms with van der Waals surface area (Å²) in [5.41, 5.74) is 1.21. The molecule has 1 rings (SSSR count). The van der Waals surface area contributed by atoms with Crippen molar-refractivity contribution in [2.75, 3.05) is 0 Å². The Labute approximate surface area is 82.2 Å². The van der Waals surface area contributed by atoms with Crippen LogP contribution in [0, 0.1) is 0 Å². The van der Waals surface area contributed by atoms with Crippen LogP contribution in [0.2, 0.25) is 5.02 Å². The third-order valence-electron chi connectivity index (χ3n) is 1.87. The van der Waals surface area contributed by atoms with Gasteiger partial charge in [-0.25, -0.2) is 4.79 Å². The Kier molecular flexibility index (Phi) is 2.94. The zero-order chi connectivity index (χ0) is 10.0. The zero-order valence-electron chi connectivity index (χ0n) is 7.54. The van der Waals surface area contributed by atoms with Gasteiger partial charge in [0.15, 0.2) is 0 Å². The maximum absolute atomic E-state index is 10.6. The highest BCUT2D eigenvalue weighted by atomic mass is 35.5. The van der Waals surface area contributed by atoms with Gasteiger partial charge >= 0.3 is 5.97 Å². The summed E-state index contributed by atoms with van der Waals surface area (Å²) in [6, 6.07) is 4.82. The summed E-state index contributed by atoms with van der Waals surface area (Å²) in [7, 11) is 0. The molecule has 0 amide bonds. The summed E-state index contributed by atoms with van der Waals surface area (Å²) in [6.07, 6.45) is 0. The maximum Gasteiger partial charge on any atom is 0.335 e. The third kappa shape index (κ3) is 2.22. The van der Waals surface area contributed by atoms with Crippen LogP contribution in [0.15, 0.2) is 18.2 Å². The summed E-state index contributed by atoms with van der Waals surface area (Å²) in [5, 5.41) is 9.20. The van der Waals surface area contributed by atoms with Gasteiger partial charge in [-0.05, 0) is 23.6 Å². The minimum absolute atomic E-state index is 0.231. The molecule has 0 aliphatic heterocycles. The van der Waals surface area contributed by atoms with Crippen LogP contribution in [0.1, 0.15) is 35.7 Å². The quantitative estimate of drug-likeness (QED) is 0.793. The lowest BCUT2D eigenvalue weighted by Crippen LogP contribution is -1.97. The molecule has 0 heterocycles. The van der Waals surface area contributed by atoms with Gasteiger partial charge in [0.2, 0.25) is 0 Å². The van der Waals surface area contributed by atoms with Crippen LogP contribution in [0.25, 0.3) is 0 Å². The lowest BCUT2D eigenvalue weighted by Gasteiger charge is -2.07. The summed E-state index contributed by atoms with van der Waals surface area (Å²) < 4.78 is 0. The Morgan fingerprint density at radius 1 is 1.46 bits per heavy atom. The van der Waals surface area contributed by atoms with Crippen molar-refractivity contribution in [1.82, 2.24) is 0 Å². The van der Waals surface area contributed by atoms with E-state index in [2.05, 4.69) is 0 Å². The molecule has 0 aromatic heterocycles. The fourth-order valence-electron chi connectivity index (χ4n) is 1.13. The van der Waals surface area contributed by atoms with E-state index in [0.717, 1.165) is 5.56 Å². The van der Waals surface area contributed by atoms with Crippen molar-refractivity contribution in [2.45, 2.75) is 19.8 Å². The zero-order valence-corrected chi connectivity index (χ0v) is 8.30. The molecule has 0 bridgehead atoms. The van der Waals surface area contributed by atoms with Gasteiger partial charge in [0.05, 0.1) is 5.56 Å². The van der Waals surface area contributed by atoms with E-state index in [9.17, 15) is 4.79 Å². The number of rotatable bonds is 2. The van der Waals surface area contributed by atoms with Gasteiger partial charge in [0.25, 0.3) is 0 Å².